The molecule has 0 N–H and O–H groups in total. The van der Waals surface area contributed by atoms with E-state index in [9.17, 15) is 0 Å². The lowest BCUT2D eigenvalue weighted by atomic mass is 10.3. The van der Waals surface area contributed by atoms with E-state index in [-0.39, 0.29) is 6.10 Å². The monoisotopic (exact) mass is 176 g/mol. The van der Waals surface area contributed by atoms with E-state index in [4.69, 9.17) is 10.00 Å². The van der Waals surface area contributed by atoms with E-state index in [1.54, 1.807) is 18.3 Å². The minimum absolute atomic E-state index is 0.190. The van der Waals surface area contributed by atoms with Crippen LogP contribution in [0.2, 0.25) is 0 Å². The lowest BCUT2D eigenvalue weighted by Crippen LogP contribution is -2.09. The van der Waals surface area contributed by atoms with Gasteiger partial charge in [0.2, 0.25) is 0 Å². The third kappa shape index (κ3) is 2.75. The molecule has 0 saturated heterocycles. The average Bonchev–Trinajstić information content (AvgIpc) is 2.19. The van der Waals surface area contributed by atoms with Crippen LogP contribution in [-0.4, -0.2) is 11.1 Å². The molecule has 0 fully saturated rings. The Labute approximate surface area is 78.0 Å². The summed E-state index contributed by atoms with van der Waals surface area (Å²) in [6, 6.07) is 5.37. The summed E-state index contributed by atoms with van der Waals surface area (Å²) < 4.78 is 5.49. The molecule has 1 aromatic rings. The van der Waals surface area contributed by atoms with E-state index < -0.39 is 0 Å². The van der Waals surface area contributed by atoms with E-state index in [2.05, 4.69) is 11.9 Å². The van der Waals surface area contributed by atoms with Gasteiger partial charge in [0.05, 0.1) is 12.3 Å². The molecule has 3 heteroatoms. The van der Waals surface area contributed by atoms with Gasteiger partial charge in [0.25, 0.3) is 0 Å². The molecule has 0 spiro atoms. The summed E-state index contributed by atoms with van der Waals surface area (Å²) in [6.07, 6.45) is 2.72. The summed E-state index contributed by atoms with van der Waals surface area (Å²) in [5, 5.41) is 8.50. The highest BCUT2D eigenvalue weighted by molar-refractivity contribution is 5.26. The van der Waals surface area contributed by atoms with Crippen molar-refractivity contribution in [2.45, 2.75) is 26.4 Å². The van der Waals surface area contributed by atoms with Gasteiger partial charge < -0.3 is 4.74 Å². The Bertz CT molecular complexity index is 300. The maximum absolute atomic E-state index is 8.50. The summed E-state index contributed by atoms with van der Waals surface area (Å²) in [5.41, 5.74) is 0.413. The molecule has 0 amide bonds. The Morgan fingerprint density at radius 1 is 1.62 bits per heavy atom. The molecule has 1 unspecified atom stereocenters. The van der Waals surface area contributed by atoms with E-state index in [0.717, 1.165) is 6.42 Å². The van der Waals surface area contributed by atoms with Crippen molar-refractivity contribution in [3.05, 3.63) is 24.0 Å². The molecule has 0 aliphatic heterocycles. The summed E-state index contributed by atoms with van der Waals surface area (Å²) in [5.74, 6) is 0.716. The van der Waals surface area contributed by atoms with Crippen molar-refractivity contribution in [3.8, 4) is 11.8 Å². The van der Waals surface area contributed by atoms with Gasteiger partial charge in [-0.25, -0.2) is 4.98 Å². The first kappa shape index (κ1) is 9.53. The van der Waals surface area contributed by atoms with Crippen molar-refractivity contribution < 1.29 is 4.74 Å². The summed E-state index contributed by atoms with van der Waals surface area (Å²) in [4.78, 5) is 3.90. The van der Waals surface area contributed by atoms with E-state index in [0.29, 0.717) is 11.4 Å². The highest BCUT2D eigenvalue weighted by atomic mass is 16.5. The molecule has 0 aliphatic carbocycles. The first-order valence-corrected chi connectivity index (χ1v) is 4.29. The van der Waals surface area contributed by atoms with Crippen molar-refractivity contribution in [3.63, 3.8) is 0 Å². The van der Waals surface area contributed by atoms with Gasteiger partial charge in [-0.2, -0.15) is 5.26 Å². The van der Waals surface area contributed by atoms with Crippen LogP contribution in [0.5, 0.6) is 5.75 Å². The quantitative estimate of drug-likeness (QED) is 0.708. The second kappa shape index (κ2) is 4.46. The van der Waals surface area contributed by atoms with Gasteiger partial charge in [-0.1, -0.05) is 6.92 Å². The smallest absolute Gasteiger partial charge is 0.140 e. The van der Waals surface area contributed by atoms with Crippen LogP contribution in [0.3, 0.4) is 0 Å². The molecule has 0 aliphatic rings. The van der Waals surface area contributed by atoms with Gasteiger partial charge in [-0.05, 0) is 25.5 Å². The second-order valence-electron chi connectivity index (χ2n) is 2.83. The fourth-order valence-electron chi connectivity index (χ4n) is 0.832. The third-order valence-electron chi connectivity index (χ3n) is 1.76. The topological polar surface area (TPSA) is 45.9 Å². The Morgan fingerprint density at radius 2 is 2.38 bits per heavy atom. The predicted molar refractivity (Wildman–Crippen MR) is 49.3 cm³/mol. The number of rotatable bonds is 3. The van der Waals surface area contributed by atoms with Crippen molar-refractivity contribution in [2.75, 3.05) is 0 Å². The van der Waals surface area contributed by atoms with Gasteiger partial charge in [-0.15, -0.1) is 0 Å². The molecule has 0 aromatic carbocycles. The van der Waals surface area contributed by atoms with Crippen LogP contribution in [-0.2, 0) is 0 Å². The Kier molecular flexibility index (Phi) is 3.27. The SMILES string of the molecule is CCC(C)Oc1ccc(C#N)nc1. The maximum Gasteiger partial charge on any atom is 0.140 e. The molecule has 0 bridgehead atoms. The Hall–Kier alpha value is -1.56. The highest BCUT2D eigenvalue weighted by Crippen LogP contribution is 2.11. The number of ether oxygens (including phenoxy) is 1. The minimum Gasteiger partial charge on any atom is -0.489 e. The van der Waals surface area contributed by atoms with Crippen LogP contribution >= 0.6 is 0 Å². The number of nitriles is 1. The fraction of sp³-hybridized carbons (Fsp3) is 0.400. The Morgan fingerprint density at radius 3 is 2.85 bits per heavy atom. The zero-order chi connectivity index (χ0) is 9.68. The number of hydrogen-bond acceptors (Lipinski definition) is 3. The average molecular weight is 176 g/mol. The van der Waals surface area contributed by atoms with Gasteiger partial charge in [0, 0.05) is 0 Å². The summed E-state index contributed by atoms with van der Waals surface area (Å²) in [6.45, 7) is 4.06. The van der Waals surface area contributed by atoms with Crippen molar-refractivity contribution in [1.82, 2.24) is 4.98 Å². The lowest BCUT2D eigenvalue weighted by molar-refractivity contribution is 0.216. The van der Waals surface area contributed by atoms with E-state index >= 15 is 0 Å². The number of nitrogens with zero attached hydrogens (tertiary/aromatic N) is 2. The summed E-state index contributed by atoms with van der Waals surface area (Å²) in [7, 11) is 0. The van der Waals surface area contributed by atoms with E-state index in [1.165, 1.54) is 0 Å². The van der Waals surface area contributed by atoms with Gasteiger partial charge in [0.1, 0.15) is 17.5 Å². The molecular weight excluding hydrogens is 164 g/mol. The van der Waals surface area contributed by atoms with Crippen molar-refractivity contribution in [1.29, 1.82) is 5.26 Å². The molecule has 0 radical (unpaired) electrons. The molecule has 1 rings (SSSR count). The summed E-state index contributed by atoms with van der Waals surface area (Å²) >= 11 is 0. The molecule has 0 saturated carbocycles. The van der Waals surface area contributed by atoms with Crippen LogP contribution < -0.4 is 4.74 Å². The third-order valence-corrected chi connectivity index (χ3v) is 1.76. The first-order chi connectivity index (χ1) is 6.26. The molecular formula is C10H12N2O. The fourth-order valence-corrected chi connectivity index (χ4v) is 0.832. The second-order valence-corrected chi connectivity index (χ2v) is 2.83. The molecule has 1 atom stereocenters. The molecule has 3 nitrogen and oxygen atoms in total. The van der Waals surface area contributed by atoms with Crippen molar-refractivity contribution >= 4 is 0 Å². The Balaban J connectivity index is 2.65. The van der Waals surface area contributed by atoms with E-state index in [1.807, 2.05) is 13.0 Å². The zero-order valence-electron chi connectivity index (χ0n) is 7.82. The maximum atomic E-state index is 8.50. The predicted octanol–water partition coefficient (Wildman–Crippen LogP) is 2.13. The molecule has 13 heavy (non-hydrogen) atoms. The number of hydrogen-bond donors (Lipinski definition) is 0. The van der Waals surface area contributed by atoms with Crippen LogP contribution in [0.15, 0.2) is 18.3 Å². The van der Waals surface area contributed by atoms with Gasteiger partial charge in [0.15, 0.2) is 0 Å². The number of aromatic nitrogens is 1. The molecule has 68 valence electrons. The van der Waals surface area contributed by atoms with Crippen LogP contribution in [0.25, 0.3) is 0 Å². The number of pyridine rings is 1. The lowest BCUT2D eigenvalue weighted by Gasteiger charge is -2.11. The molecule has 1 heterocycles. The highest BCUT2D eigenvalue weighted by Gasteiger charge is 2.00. The van der Waals surface area contributed by atoms with Crippen LogP contribution in [0.4, 0.5) is 0 Å². The van der Waals surface area contributed by atoms with Crippen LogP contribution in [0.1, 0.15) is 26.0 Å². The first-order valence-electron chi connectivity index (χ1n) is 4.29. The standard InChI is InChI=1S/C10H12N2O/c1-3-8(2)13-10-5-4-9(6-11)12-7-10/h4-5,7-8H,3H2,1-2H3. The van der Waals surface area contributed by atoms with Crippen LogP contribution in [0, 0.1) is 11.3 Å². The normalized spacial score (nSPS) is 11.8. The van der Waals surface area contributed by atoms with Crippen molar-refractivity contribution in [2.24, 2.45) is 0 Å². The van der Waals surface area contributed by atoms with Gasteiger partial charge in [-0.3, -0.25) is 0 Å². The minimum atomic E-state index is 0.190. The largest absolute Gasteiger partial charge is 0.489 e. The zero-order valence-corrected chi connectivity index (χ0v) is 7.82. The molecule has 1 aromatic heterocycles. The van der Waals surface area contributed by atoms with Gasteiger partial charge >= 0.3 is 0 Å².